The largest absolute Gasteiger partial charge is 0.468 e. The first-order valence-corrected chi connectivity index (χ1v) is 9.02. The van der Waals surface area contributed by atoms with Crippen LogP contribution in [0.25, 0.3) is 0 Å². The van der Waals surface area contributed by atoms with Crippen molar-refractivity contribution in [2.75, 3.05) is 30.4 Å². The topological polar surface area (TPSA) is 85.4 Å². The number of aromatic nitrogens is 2. The molecule has 0 bridgehead atoms. The van der Waals surface area contributed by atoms with Crippen molar-refractivity contribution in [1.29, 1.82) is 0 Å². The summed E-state index contributed by atoms with van der Waals surface area (Å²) in [5.74, 6) is -3.21. The van der Waals surface area contributed by atoms with E-state index in [-0.39, 0.29) is 11.3 Å². The molecule has 0 radical (unpaired) electrons. The first-order valence-electron chi connectivity index (χ1n) is 9.02. The summed E-state index contributed by atoms with van der Waals surface area (Å²) in [6.45, 7) is -3.16. The van der Waals surface area contributed by atoms with Gasteiger partial charge in [-0.05, 0) is 31.2 Å². The van der Waals surface area contributed by atoms with Gasteiger partial charge in [-0.25, -0.2) is 0 Å². The second kappa shape index (κ2) is 10.2. The second-order valence-corrected chi connectivity index (χ2v) is 6.57. The van der Waals surface area contributed by atoms with Gasteiger partial charge < -0.3 is 14.8 Å². The number of carbonyl (C=O) groups excluding carboxylic acids is 1. The molecule has 7 nitrogen and oxygen atoms in total. The van der Waals surface area contributed by atoms with Crippen LogP contribution in [0.3, 0.4) is 0 Å². The van der Waals surface area contributed by atoms with E-state index < -0.39 is 67.5 Å². The molecule has 0 unspecified atom stereocenters. The third-order valence-corrected chi connectivity index (χ3v) is 3.72. The van der Waals surface area contributed by atoms with E-state index in [1.165, 1.54) is 0 Å². The van der Waals surface area contributed by atoms with Gasteiger partial charge in [-0.15, -0.1) is 0 Å². The quantitative estimate of drug-likeness (QED) is 0.504. The lowest BCUT2D eigenvalue weighted by atomic mass is 10.2. The van der Waals surface area contributed by atoms with E-state index in [2.05, 4.69) is 24.8 Å². The minimum atomic E-state index is -4.79. The predicted molar refractivity (Wildman–Crippen MR) is 98.4 cm³/mol. The molecule has 0 fully saturated rings. The highest BCUT2D eigenvalue weighted by molar-refractivity contribution is 5.92. The highest BCUT2D eigenvalue weighted by atomic mass is 19.4. The van der Waals surface area contributed by atoms with Crippen molar-refractivity contribution in [3.05, 3.63) is 35.4 Å². The summed E-state index contributed by atoms with van der Waals surface area (Å²) in [6, 6.07) is 3.62. The van der Waals surface area contributed by atoms with Crippen LogP contribution in [0.5, 0.6) is 11.8 Å². The number of nitrogens with zero attached hydrogens (tertiary/aromatic N) is 2. The third kappa shape index (κ3) is 8.82. The van der Waals surface area contributed by atoms with E-state index in [0.717, 1.165) is 31.2 Å². The van der Waals surface area contributed by atoms with Gasteiger partial charge in [0.25, 0.3) is 0 Å². The van der Waals surface area contributed by atoms with Crippen molar-refractivity contribution < 1.29 is 53.8 Å². The van der Waals surface area contributed by atoms with Gasteiger partial charge in [-0.3, -0.25) is 10.1 Å². The number of alkyl halides is 9. The van der Waals surface area contributed by atoms with Gasteiger partial charge in [-0.2, -0.15) is 49.5 Å². The van der Waals surface area contributed by atoms with Gasteiger partial charge in [0.05, 0.1) is 17.7 Å². The number of hydrogen-bond acceptors (Lipinski definition) is 6. The Bertz CT molecular complexity index is 951. The Labute approximate surface area is 185 Å². The van der Waals surface area contributed by atoms with Crippen LogP contribution >= 0.6 is 0 Å². The zero-order chi connectivity index (χ0) is 25.7. The molecule has 188 valence electrons. The molecule has 1 amide bonds. The highest BCUT2D eigenvalue weighted by Gasteiger charge is 2.32. The Morgan fingerprint density at radius 3 is 1.74 bits per heavy atom. The lowest BCUT2D eigenvalue weighted by Crippen LogP contribution is -2.25. The first-order chi connectivity index (χ1) is 15.5. The maximum absolute atomic E-state index is 12.6. The molecule has 0 saturated carbocycles. The number of amides is 1. The normalized spacial score (nSPS) is 12.3. The maximum Gasteiger partial charge on any atom is 0.422 e. The highest BCUT2D eigenvalue weighted by Crippen LogP contribution is 2.30. The number of anilines is 2. The lowest BCUT2D eigenvalue weighted by Gasteiger charge is -2.16. The van der Waals surface area contributed by atoms with Crippen LogP contribution in [0.2, 0.25) is 0 Å². The summed E-state index contributed by atoms with van der Waals surface area (Å²) in [6.07, 6.45) is -14.1. The van der Waals surface area contributed by atoms with Gasteiger partial charge >= 0.3 is 18.5 Å². The van der Waals surface area contributed by atoms with E-state index in [1.54, 1.807) is 0 Å². The van der Waals surface area contributed by atoms with Crippen molar-refractivity contribution in [2.45, 2.75) is 25.5 Å². The molecule has 0 spiro atoms. The molecule has 34 heavy (non-hydrogen) atoms. The summed E-state index contributed by atoms with van der Waals surface area (Å²) >= 11 is 0. The Balaban J connectivity index is 2.12. The molecule has 0 aliphatic rings. The van der Waals surface area contributed by atoms with E-state index in [0.29, 0.717) is 0 Å². The molecule has 1 aromatic carbocycles. The molecule has 0 aliphatic carbocycles. The molecule has 1 aromatic heterocycles. The fraction of sp³-hybridized carbons (Fsp3) is 0.389. The summed E-state index contributed by atoms with van der Waals surface area (Å²) in [5, 5.41) is 4.50. The Hall–Kier alpha value is -3.46. The average molecular weight is 506 g/mol. The zero-order valence-corrected chi connectivity index (χ0v) is 17.0. The van der Waals surface area contributed by atoms with Crippen molar-refractivity contribution in [3.63, 3.8) is 0 Å². The van der Waals surface area contributed by atoms with Crippen LogP contribution in [0, 0.1) is 6.92 Å². The van der Waals surface area contributed by atoms with E-state index in [1.807, 2.05) is 5.32 Å². The van der Waals surface area contributed by atoms with Crippen LogP contribution < -0.4 is 20.1 Å². The molecular formula is C18H15F9N4O3. The van der Waals surface area contributed by atoms with Gasteiger partial charge in [0.15, 0.2) is 13.2 Å². The molecule has 0 saturated heterocycles. The number of ether oxygens (including phenoxy) is 2. The number of halogens is 9. The number of nitrogens with one attached hydrogen (secondary N) is 2. The monoisotopic (exact) mass is 506 g/mol. The zero-order valence-electron chi connectivity index (χ0n) is 17.0. The van der Waals surface area contributed by atoms with Gasteiger partial charge in [-0.1, -0.05) is 0 Å². The third-order valence-electron chi connectivity index (χ3n) is 3.72. The van der Waals surface area contributed by atoms with Crippen LogP contribution in [0.15, 0.2) is 24.3 Å². The summed E-state index contributed by atoms with van der Waals surface area (Å²) in [5.41, 5.74) is -1.18. The predicted octanol–water partition coefficient (Wildman–Crippen LogP) is 4.74. The smallest absolute Gasteiger partial charge is 0.422 e. The molecule has 0 atom stereocenters. The minimum Gasteiger partial charge on any atom is -0.468 e. The molecule has 1 heterocycles. The number of benzene rings is 1. The minimum absolute atomic E-state index is 0.122. The Kier molecular flexibility index (Phi) is 8.05. The molecule has 2 aromatic rings. The Morgan fingerprint density at radius 1 is 0.853 bits per heavy atom. The van der Waals surface area contributed by atoms with Crippen molar-refractivity contribution >= 4 is 17.5 Å². The van der Waals surface area contributed by atoms with Gasteiger partial charge in [0.1, 0.15) is 0 Å². The lowest BCUT2D eigenvalue weighted by molar-refractivity contribution is -0.154. The van der Waals surface area contributed by atoms with Crippen LogP contribution in [0.4, 0.5) is 51.1 Å². The standard InChI is InChI=1S/C18H15F9N4O3/c1-9-13(33-7-16(19,20)21)30-15(31-14(9)34-8-17(22,23)24)29-12(32)6-28-11-4-2-10(3-5-11)18(25,26)27/h2-5,28H,6-8H2,1H3,(H,29,30,31,32). The number of hydrogen-bond donors (Lipinski definition) is 2. The first kappa shape index (κ1) is 26.8. The van der Waals surface area contributed by atoms with E-state index >= 15 is 0 Å². The van der Waals surface area contributed by atoms with Gasteiger partial charge in [0, 0.05) is 5.69 Å². The number of carbonyl (C=O) groups is 1. The second-order valence-electron chi connectivity index (χ2n) is 6.57. The summed E-state index contributed by atoms with van der Waals surface area (Å²) in [4.78, 5) is 19.1. The van der Waals surface area contributed by atoms with Crippen molar-refractivity contribution in [1.82, 2.24) is 9.97 Å². The number of rotatable bonds is 8. The molecule has 2 rings (SSSR count). The van der Waals surface area contributed by atoms with Crippen LogP contribution in [-0.4, -0.2) is 48.0 Å². The fourth-order valence-electron chi connectivity index (χ4n) is 2.24. The van der Waals surface area contributed by atoms with Crippen LogP contribution in [-0.2, 0) is 11.0 Å². The molecule has 0 aliphatic heterocycles. The average Bonchev–Trinajstić information content (AvgIpc) is 2.69. The molecule has 2 N–H and O–H groups in total. The molecular weight excluding hydrogens is 491 g/mol. The summed E-state index contributed by atoms with van der Waals surface area (Å²) < 4.78 is 121. The summed E-state index contributed by atoms with van der Waals surface area (Å²) in [7, 11) is 0. The van der Waals surface area contributed by atoms with Gasteiger partial charge in [0.2, 0.25) is 23.6 Å². The van der Waals surface area contributed by atoms with E-state index in [4.69, 9.17) is 0 Å². The Morgan fingerprint density at radius 2 is 1.32 bits per heavy atom. The maximum atomic E-state index is 12.6. The van der Waals surface area contributed by atoms with E-state index in [9.17, 15) is 44.3 Å². The fourth-order valence-corrected chi connectivity index (χ4v) is 2.24. The van der Waals surface area contributed by atoms with Crippen molar-refractivity contribution in [2.24, 2.45) is 0 Å². The van der Waals surface area contributed by atoms with Crippen molar-refractivity contribution in [3.8, 4) is 11.8 Å². The molecule has 16 heteroatoms. The van der Waals surface area contributed by atoms with Crippen LogP contribution in [0.1, 0.15) is 11.1 Å². The SMILES string of the molecule is Cc1c(OCC(F)(F)F)nc(NC(=O)CNc2ccc(C(F)(F)F)cc2)nc1OCC(F)(F)F.